The summed E-state index contributed by atoms with van der Waals surface area (Å²) < 4.78 is 24.6. The van der Waals surface area contributed by atoms with Gasteiger partial charge in [0.15, 0.2) is 6.29 Å². The maximum absolute atomic E-state index is 12.3. The maximum atomic E-state index is 12.3. The van der Waals surface area contributed by atoms with Crippen molar-refractivity contribution < 1.29 is 13.6 Å². The Bertz CT molecular complexity index is 357. The Labute approximate surface area is 83.9 Å². The Hall–Kier alpha value is -1.07. The summed E-state index contributed by atoms with van der Waals surface area (Å²) in [4.78, 5) is 14.0. The van der Waals surface area contributed by atoms with Crippen LogP contribution in [0.15, 0.2) is 6.20 Å². The first-order valence-electron chi connectivity index (χ1n) is 3.72. The highest BCUT2D eigenvalue weighted by atomic mass is 35.5. The van der Waals surface area contributed by atoms with Crippen molar-refractivity contribution in [2.45, 2.75) is 13.0 Å². The number of rotatable bonds is 3. The van der Waals surface area contributed by atoms with Crippen molar-refractivity contribution in [3.8, 4) is 0 Å². The van der Waals surface area contributed by atoms with Crippen LogP contribution in [0.2, 0.25) is 5.02 Å². The molecule has 0 amide bonds. The van der Waals surface area contributed by atoms with Gasteiger partial charge in [0.1, 0.15) is 5.69 Å². The summed E-state index contributed by atoms with van der Waals surface area (Å²) in [6.45, 7) is 0.0518. The summed E-state index contributed by atoms with van der Waals surface area (Å²) in [5.74, 6) is 0. The zero-order valence-electron chi connectivity index (χ0n) is 7.01. The first-order chi connectivity index (χ1) is 6.61. The molecule has 0 radical (unpaired) electrons. The molecule has 0 aliphatic carbocycles. The monoisotopic (exact) mass is 220 g/mol. The molecule has 0 aromatic carbocycles. The molecule has 0 aliphatic rings. The van der Waals surface area contributed by atoms with E-state index in [-0.39, 0.29) is 23.4 Å². The predicted molar refractivity (Wildman–Crippen MR) is 47.5 cm³/mol. The minimum Gasteiger partial charge on any atom is -0.326 e. The number of hydrogen-bond acceptors (Lipinski definition) is 3. The van der Waals surface area contributed by atoms with Gasteiger partial charge in [0.25, 0.3) is 6.43 Å². The molecule has 0 unspecified atom stereocenters. The van der Waals surface area contributed by atoms with Crippen LogP contribution in [-0.2, 0) is 6.54 Å². The van der Waals surface area contributed by atoms with E-state index in [2.05, 4.69) is 4.98 Å². The number of alkyl halides is 2. The second kappa shape index (κ2) is 4.43. The van der Waals surface area contributed by atoms with Gasteiger partial charge in [-0.3, -0.25) is 9.78 Å². The fourth-order valence-electron chi connectivity index (χ4n) is 0.987. The van der Waals surface area contributed by atoms with E-state index in [9.17, 15) is 13.6 Å². The third-order valence-electron chi connectivity index (χ3n) is 1.70. The zero-order valence-corrected chi connectivity index (χ0v) is 7.76. The lowest BCUT2D eigenvalue weighted by Crippen LogP contribution is -2.05. The molecule has 1 aromatic heterocycles. The van der Waals surface area contributed by atoms with Crippen molar-refractivity contribution >= 4 is 17.9 Å². The van der Waals surface area contributed by atoms with Gasteiger partial charge in [-0.25, -0.2) is 8.78 Å². The summed E-state index contributed by atoms with van der Waals surface area (Å²) in [6.07, 6.45) is -1.41. The van der Waals surface area contributed by atoms with Crippen LogP contribution in [0.5, 0.6) is 0 Å². The van der Waals surface area contributed by atoms with E-state index in [0.29, 0.717) is 5.56 Å². The smallest absolute Gasteiger partial charge is 0.281 e. The highest BCUT2D eigenvalue weighted by Crippen LogP contribution is 2.27. The van der Waals surface area contributed by atoms with E-state index in [1.54, 1.807) is 0 Å². The second-order valence-corrected chi connectivity index (χ2v) is 2.90. The molecule has 76 valence electrons. The highest BCUT2D eigenvalue weighted by Gasteiger charge is 2.18. The largest absolute Gasteiger partial charge is 0.326 e. The van der Waals surface area contributed by atoms with Gasteiger partial charge in [-0.15, -0.1) is 0 Å². The molecular formula is C8H7ClF2N2O. The average Bonchev–Trinajstić information content (AvgIpc) is 2.17. The van der Waals surface area contributed by atoms with Crippen molar-refractivity contribution in [1.29, 1.82) is 0 Å². The molecule has 14 heavy (non-hydrogen) atoms. The zero-order chi connectivity index (χ0) is 10.7. The second-order valence-electron chi connectivity index (χ2n) is 2.52. The van der Waals surface area contributed by atoms with Gasteiger partial charge < -0.3 is 5.73 Å². The van der Waals surface area contributed by atoms with Crippen molar-refractivity contribution in [2.75, 3.05) is 0 Å². The summed E-state index contributed by atoms with van der Waals surface area (Å²) in [7, 11) is 0. The first-order valence-corrected chi connectivity index (χ1v) is 4.10. The van der Waals surface area contributed by atoms with Gasteiger partial charge in [-0.1, -0.05) is 11.6 Å². The third kappa shape index (κ3) is 1.88. The SMILES string of the molecule is NCc1cnc(C(F)F)c(C=O)c1Cl. The topological polar surface area (TPSA) is 56.0 Å². The van der Waals surface area contributed by atoms with E-state index in [1.165, 1.54) is 0 Å². The molecule has 6 heteroatoms. The van der Waals surface area contributed by atoms with Crippen molar-refractivity contribution in [3.05, 3.63) is 28.0 Å². The lowest BCUT2D eigenvalue weighted by molar-refractivity contribution is 0.110. The third-order valence-corrected chi connectivity index (χ3v) is 2.14. The lowest BCUT2D eigenvalue weighted by atomic mass is 10.1. The van der Waals surface area contributed by atoms with Gasteiger partial charge in [0, 0.05) is 18.3 Å². The van der Waals surface area contributed by atoms with E-state index in [1.807, 2.05) is 0 Å². The fraction of sp³-hybridized carbons (Fsp3) is 0.250. The Morgan fingerprint density at radius 3 is 2.71 bits per heavy atom. The van der Waals surface area contributed by atoms with Crippen LogP contribution in [0.4, 0.5) is 8.78 Å². The number of aromatic nitrogens is 1. The number of nitrogens with two attached hydrogens (primary N) is 1. The van der Waals surface area contributed by atoms with Crippen LogP contribution in [0.25, 0.3) is 0 Å². The first kappa shape index (κ1) is 11.0. The fourth-order valence-corrected chi connectivity index (χ4v) is 1.25. The van der Waals surface area contributed by atoms with Crippen LogP contribution in [0.3, 0.4) is 0 Å². The normalized spacial score (nSPS) is 10.6. The van der Waals surface area contributed by atoms with E-state index >= 15 is 0 Å². The highest BCUT2D eigenvalue weighted by molar-refractivity contribution is 6.33. The van der Waals surface area contributed by atoms with E-state index < -0.39 is 12.1 Å². The molecule has 0 atom stereocenters. The summed E-state index contributed by atoms with van der Waals surface area (Å²) in [5, 5.41) is -0.0483. The van der Waals surface area contributed by atoms with Gasteiger partial charge in [-0.05, 0) is 0 Å². The predicted octanol–water partition coefficient (Wildman–Crippen LogP) is 1.94. The molecule has 0 saturated heterocycles. The van der Waals surface area contributed by atoms with Crippen molar-refractivity contribution in [2.24, 2.45) is 5.73 Å². The van der Waals surface area contributed by atoms with Gasteiger partial charge in [0.05, 0.1) is 10.6 Å². The Kier molecular flexibility index (Phi) is 3.49. The molecule has 0 fully saturated rings. The average molecular weight is 221 g/mol. The summed E-state index contributed by atoms with van der Waals surface area (Å²) in [5.41, 5.74) is 4.75. The Balaban J connectivity index is 3.35. The maximum Gasteiger partial charge on any atom is 0.281 e. The van der Waals surface area contributed by atoms with Crippen LogP contribution in [-0.4, -0.2) is 11.3 Å². The molecule has 3 nitrogen and oxygen atoms in total. The minimum absolute atomic E-state index is 0.0483. The molecular weight excluding hydrogens is 214 g/mol. The number of pyridine rings is 1. The van der Waals surface area contributed by atoms with Crippen LogP contribution in [0, 0.1) is 0 Å². The summed E-state index contributed by atoms with van der Waals surface area (Å²) in [6, 6.07) is 0. The summed E-state index contributed by atoms with van der Waals surface area (Å²) >= 11 is 5.67. The van der Waals surface area contributed by atoms with Gasteiger partial charge in [-0.2, -0.15) is 0 Å². The standard InChI is InChI=1S/C8H7ClF2N2O/c9-6-4(1-12)2-13-7(8(10)11)5(6)3-14/h2-3,8H,1,12H2. The van der Waals surface area contributed by atoms with Crippen molar-refractivity contribution in [1.82, 2.24) is 4.98 Å². The van der Waals surface area contributed by atoms with Crippen LogP contribution in [0.1, 0.15) is 28.0 Å². The number of carbonyl (C=O) groups is 1. The van der Waals surface area contributed by atoms with E-state index in [4.69, 9.17) is 17.3 Å². The van der Waals surface area contributed by atoms with Gasteiger partial charge >= 0.3 is 0 Å². The molecule has 0 saturated carbocycles. The minimum atomic E-state index is -2.82. The van der Waals surface area contributed by atoms with Gasteiger partial charge in [0.2, 0.25) is 0 Å². The molecule has 1 rings (SSSR count). The number of halogens is 3. The van der Waals surface area contributed by atoms with Crippen LogP contribution < -0.4 is 5.73 Å². The number of nitrogens with zero attached hydrogens (tertiary/aromatic N) is 1. The molecule has 0 aliphatic heterocycles. The number of carbonyl (C=O) groups excluding carboxylic acids is 1. The quantitative estimate of drug-likeness (QED) is 0.792. The molecule has 2 N–H and O–H groups in total. The Morgan fingerprint density at radius 1 is 1.64 bits per heavy atom. The van der Waals surface area contributed by atoms with E-state index in [0.717, 1.165) is 6.20 Å². The Morgan fingerprint density at radius 2 is 2.29 bits per heavy atom. The lowest BCUT2D eigenvalue weighted by Gasteiger charge is -2.07. The molecule has 0 spiro atoms. The molecule has 1 heterocycles. The van der Waals surface area contributed by atoms with Crippen LogP contribution >= 0.6 is 11.6 Å². The number of hydrogen-bond donors (Lipinski definition) is 1. The molecule has 1 aromatic rings. The van der Waals surface area contributed by atoms with Crippen molar-refractivity contribution in [3.63, 3.8) is 0 Å². The molecule has 0 bridgehead atoms. The number of aldehydes is 1.